The third-order valence-electron chi connectivity index (χ3n) is 0.443. The lowest BCUT2D eigenvalue weighted by atomic mass is 10.8. The van der Waals surface area contributed by atoms with Crippen LogP contribution in [0.15, 0.2) is 0 Å². The van der Waals surface area contributed by atoms with Gasteiger partial charge in [0.25, 0.3) is 0 Å². The first-order valence-electron chi connectivity index (χ1n) is 2.24. The second-order valence-corrected chi connectivity index (χ2v) is 2.03. The van der Waals surface area contributed by atoms with E-state index in [0.717, 1.165) is 0 Å². The van der Waals surface area contributed by atoms with E-state index in [1.807, 2.05) is 6.92 Å². The average molecular weight is 139 g/mol. The normalized spacial score (nSPS) is 13.9. The largest absolute Gasteiger partial charge is 0.347 e. The molecule has 0 aromatic rings. The molecule has 8 heavy (non-hydrogen) atoms. The maximum Gasteiger partial charge on any atom is 0.347 e. The van der Waals surface area contributed by atoms with Crippen LogP contribution in [0.25, 0.3) is 0 Å². The fourth-order valence-corrected chi connectivity index (χ4v) is 0.471. The van der Waals surface area contributed by atoms with Crippen molar-refractivity contribution in [3.8, 4) is 0 Å². The van der Waals surface area contributed by atoms with Crippen LogP contribution in [0, 0.1) is 0 Å². The van der Waals surface area contributed by atoms with Gasteiger partial charge < -0.3 is 9.42 Å². The predicted molar refractivity (Wildman–Crippen MR) is 30.9 cm³/mol. The molecule has 5 heteroatoms. The molecule has 50 valence electrons. The summed E-state index contributed by atoms with van der Waals surface area (Å²) in [5.74, 6) is 0. The molecule has 1 unspecified atom stereocenters. The SMILES string of the molecule is CCNOP(O)OC. The summed E-state index contributed by atoms with van der Waals surface area (Å²) in [4.78, 5) is 8.55. The zero-order chi connectivity index (χ0) is 6.41. The lowest BCUT2D eigenvalue weighted by Gasteiger charge is -2.04. The first-order chi connectivity index (χ1) is 3.81. The van der Waals surface area contributed by atoms with Gasteiger partial charge in [-0.15, -0.1) is 0 Å². The van der Waals surface area contributed by atoms with Crippen molar-refractivity contribution in [3.05, 3.63) is 0 Å². The smallest absolute Gasteiger partial charge is 0.327 e. The molecule has 0 radical (unpaired) electrons. The number of hydrogen-bond donors (Lipinski definition) is 2. The third kappa shape index (κ3) is 4.43. The molecule has 0 saturated heterocycles. The summed E-state index contributed by atoms with van der Waals surface area (Å²) in [6.07, 6.45) is 0. The molecule has 0 aromatic carbocycles. The highest BCUT2D eigenvalue weighted by atomic mass is 31.2. The van der Waals surface area contributed by atoms with E-state index >= 15 is 0 Å². The lowest BCUT2D eigenvalue weighted by Crippen LogP contribution is -2.09. The van der Waals surface area contributed by atoms with Crippen LogP contribution < -0.4 is 5.48 Å². The average Bonchev–Trinajstić information content (AvgIpc) is 1.83. The first kappa shape index (κ1) is 8.27. The van der Waals surface area contributed by atoms with Gasteiger partial charge in [-0.25, -0.2) is 4.62 Å². The van der Waals surface area contributed by atoms with Crippen LogP contribution in [0.2, 0.25) is 0 Å². The van der Waals surface area contributed by atoms with E-state index in [2.05, 4.69) is 14.6 Å². The van der Waals surface area contributed by atoms with E-state index in [-0.39, 0.29) is 0 Å². The predicted octanol–water partition coefficient (Wildman–Crippen LogP) is 0.393. The Hall–Kier alpha value is 0.270. The molecule has 0 rings (SSSR count). The summed E-state index contributed by atoms with van der Waals surface area (Å²) in [5, 5.41) is 0. The van der Waals surface area contributed by atoms with Gasteiger partial charge in [0, 0.05) is 13.7 Å². The molecule has 0 bridgehead atoms. The van der Waals surface area contributed by atoms with Crippen LogP contribution in [-0.2, 0) is 9.15 Å². The number of hydrogen-bond acceptors (Lipinski definition) is 4. The van der Waals surface area contributed by atoms with Crippen LogP contribution in [0.5, 0.6) is 0 Å². The molecule has 0 aliphatic heterocycles. The van der Waals surface area contributed by atoms with Gasteiger partial charge in [-0.3, -0.25) is 0 Å². The lowest BCUT2D eigenvalue weighted by molar-refractivity contribution is 0.154. The number of nitrogens with one attached hydrogen (secondary N) is 1. The Morgan fingerprint density at radius 2 is 2.38 bits per heavy atom. The van der Waals surface area contributed by atoms with E-state index in [0.29, 0.717) is 6.54 Å². The van der Waals surface area contributed by atoms with Gasteiger partial charge in [-0.1, -0.05) is 6.92 Å². The summed E-state index contributed by atoms with van der Waals surface area (Å²) < 4.78 is 8.88. The van der Waals surface area contributed by atoms with E-state index in [1.165, 1.54) is 7.11 Å². The van der Waals surface area contributed by atoms with E-state index in [1.54, 1.807) is 0 Å². The van der Waals surface area contributed by atoms with E-state index < -0.39 is 8.60 Å². The standard InChI is InChI=1S/C3H10NO3P/c1-3-4-7-8(5)6-2/h4-5H,3H2,1-2H3. The van der Waals surface area contributed by atoms with Crippen LogP contribution >= 0.6 is 8.60 Å². The Morgan fingerprint density at radius 3 is 2.75 bits per heavy atom. The summed E-state index contributed by atoms with van der Waals surface area (Å²) in [6.45, 7) is 2.52. The van der Waals surface area contributed by atoms with Crippen molar-refractivity contribution < 1.29 is 14.0 Å². The van der Waals surface area contributed by atoms with Crippen molar-refractivity contribution >= 4 is 8.60 Å². The summed E-state index contributed by atoms with van der Waals surface area (Å²) in [5.41, 5.74) is 2.45. The quantitative estimate of drug-likeness (QED) is 0.437. The molecule has 1 atom stereocenters. The molecule has 0 aliphatic rings. The maximum atomic E-state index is 8.55. The van der Waals surface area contributed by atoms with Gasteiger partial charge >= 0.3 is 8.60 Å². The first-order valence-corrected chi connectivity index (χ1v) is 3.37. The van der Waals surface area contributed by atoms with Crippen LogP contribution in [0.3, 0.4) is 0 Å². The van der Waals surface area contributed by atoms with Crippen LogP contribution in [0.1, 0.15) is 6.92 Å². The van der Waals surface area contributed by atoms with Crippen molar-refractivity contribution in [3.63, 3.8) is 0 Å². The van der Waals surface area contributed by atoms with Crippen LogP contribution in [0.4, 0.5) is 0 Å². The molecule has 0 fully saturated rings. The minimum atomic E-state index is -1.70. The third-order valence-corrected chi connectivity index (χ3v) is 1.04. The summed E-state index contributed by atoms with van der Waals surface area (Å²) in [7, 11) is -0.317. The molecule has 0 amide bonds. The van der Waals surface area contributed by atoms with Gasteiger partial charge in [0.05, 0.1) is 0 Å². The molecule has 0 aromatic heterocycles. The van der Waals surface area contributed by atoms with Gasteiger partial charge in [0.15, 0.2) is 0 Å². The van der Waals surface area contributed by atoms with Crippen molar-refractivity contribution in [1.82, 2.24) is 5.48 Å². The highest BCUT2D eigenvalue weighted by Gasteiger charge is 1.99. The minimum absolute atomic E-state index is 0.656. The molecule has 0 aliphatic carbocycles. The van der Waals surface area contributed by atoms with Crippen molar-refractivity contribution in [2.24, 2.45) is 0 Å². The fourth-order valence-electron chi connectivity index (χ4n) is 0.157. The monoisotopic (exact) mass is 139 g/mol. The van der Waals surface area contributed by atoms with Crippen molar-refractivity contribution in [2.75, 3.05) is 13.7 Å². The zero-order valence-electron chi connectivity index (χ0n) is 4.92. The molecule has 0 saturated carbocycles. The Morgan fingerprint density at radius 1 is 1.75 bits per heavy atom. The summed E-state index contributed by atoms with van der Waals surface area (Å²) in [6, 6.07) is 0. The van der Waals surface area contributed by atoms with E-state index in [9.17, 15) is 0 Å². The summed E-state index contributed by atoms with van der Waals surface area (Å²) >= 11 is 0. The molecular formula is C3H10NO3P. The number of hydroxylamine groups is 1. The van der Waals surface area contributed by atoms with Crippen molar-refractivity contribution in [1.29, 1.82) is 0 Å². The Balaban J connectivity index is 2.86. The Kier molecular flexibility index (Phi) is 5.59. The topological polar surface area (TPSA) is 50.7 Å². The Labute approximate surface area is 49.8 Å². The molecule has 0 heterocycles. The van der Waals surface area contributed by atoms with Crippen molar-refractivity contribution in [2.45, 2.75) is 6.92 Å². The van der Waals surface area contributed by atoms with Gasteiger partial charge in [0.1, 0.15) is 0 Å². The van der Waals surface area contributed by atoms with Gasteiger partial charge in [-0.2, -0.15) is 5.48 Å². The minimum Gasteiger partial charge on any atom is -0.327 e. The second kappa shape index (κ2) is 5.41. The molecular weight excluding hydrogens is 129 g/mol. The maximum absolute atomic E-state index is 8.55. The molecule has 4 nitrogen and oxygen atoms in total. The van der Waals surface area contributed by atoms with Gasteiger partial charge in [-0.05, 0) is 0 Å². The van der Waals surface area contributed by atoms with Crippen LogP contribution in [-0.4, -0.2) is 18.5 Å². The highest BCUT2D eigenvalue weighted by molar-refractivity contribution is 7.40. The van der Waals surface area contributed by atoms with Gasteiger partial charge in [0.2, 0.25) is 0 Å². The van der Waals surface area contributed by atoms with E-state index in [4.69, 9.17) is 4.89 Å². The zero-order valence-corrected chi connectivity index (χ0v) is 5.81. The highest BCUT2D eigenvalue weighted by Crippen LogP contribution is 2.28. The second-order valence-electron chi connectivity index (χ2n) is 1.01. The Bertz CT molecular complexity index is 53.8. The molecule has 0 spiro atoms. The number of rotatable bonds is 4. The molecule has 2 N–H and O–H groups in total. The fraction of sp³-hybridized carbons (Fsp3) is 1.00.